The summed E-state index contributed by atoms with van der Waals surface area (Å²) in [5, 5.41) is 11.2. The van der Waals surface area contributed by atoms with E-state index in [4.69, 9.17) is 4.74 Å². The molecule has 0 aliphatic heterocycles. The van der Waals surface area contributed by atoms with Crippen LogP contribution < -0.4 is 4.74 Å². The van der Waals surface area contributed by atoms with E-state index < -0.39 is 31.3 Å². The Morgan fingerprint density at radius 1 is 0.815 bits per heavy atom. The predicted octanol–water partition coefficient (Wildman–Crippen LogP) is 3.65. The number of ether oxygens (including phenoxy) is 1. The Kier molecular flexibility index (Phi) is 5.00. The Morgan fingerprint density at radius 3 is 2.04 bits per heavy atom. The number of hydrogen-bond donors (Lipinski definition) is 0. The quantitative estimate of drug-likeness (QED) is 0.288. The van der Waals surface area contributed by atoms with Gasteiger partial charge in [-0.15, -0.1) is 0 Å². The first-order chi connectivity index (χ1) is 12.9. The second kappa shape index (κ2) is 7.38. The number of esters is 1. The molecule has 0 aromatic heterocycles. The summed E-state index contributed by atoms with van der Waals surface area (Å²) in [5.41, 5.74) is -0.775. The zero-order valence-corrected chi connectivity index (χ0v) is 14.6. The molecule has 0 fully saturated rings. The summed E-state index contributed by atoms with van der Waals surface area (Å²) < 4.78 is 31.3. The van der Waals surface area contributed by atoms with E-state index in [1.807, 2.05) is 0 Å². The van der Waals surface area contributed by atoms with Gasteiger partial charge < -0.3 is 4.74 Å². The highest BCUT2D eigenvalue weighted by Crippen LogP contribution is 2.31. The topological polar surface area (TPSA) is 104 Å². The Hall–Kier alpha value is -3.52. The van der Waals surface area contributed by atoms with Crippen LogP contribution in [0.25, 0.3) is 0 Å². The van der Waals surface area contributed by atoms with Gasteiger partial charge in [-0.1, -0.05) is 42.5 Å². The van der Waals surface area contributed by atoms with Gasteiger partial charge in [0, 0.05) is 6.07 Å². The lowest BCUT2D eigenvalue weighted by Crippen LogP contribution is -2.15. The fraction of sp³-hybridized carbons (Fsp3) is 0. The van der Waals surface area contributed by atoms with Crippen molar-refractivity contribution in [1.29, 1.82) is 0 Å². The van der Waals surface area contributed by atoms with Crippen LogP contribution in [0, 0.1) is 10.1 Å². The summed E-state index contributed by atoms with van der Waals surface area (Å²) in [6.45, 7) is 0. The Bertz CT molecular complexity index is 1110. The van der Waals surface area contributed by atoms with Gasteiger partial charge in [-0.3, -0.25) is 10.1 Å². The molecule has 0 radical (unpaired) electrons. The number of nitro benzene ring substituents is 1. The predicted molar refractivity (Wildman–Crippen MR) is 96.4 cm³/mol. The summed E-state index contributed by atoms with van der Waals surface area (Å²) >= 11 is 0. The molecule has 0 N–H and O–H groups in total. The molecule has 0 saturated carbocycles. The van der Waals surface area contributed by atoms with Gasteiger partial charge in [0.15, 0.2) is 0 Å². The molecule has 7 nitrogen and oxygen atoms in total. The number of nitrogens with zero attached hydrogens (tertiary/aromatic N) is 1. The smallest absolute Gasteiger partial charge is 0.344 e. The van der Waals surface area contributed by atoms with E-state index in [9.17, 15) is 23.3 Å². The number of carbonyl (C=O) groups is 1. The summed E-state index contributed by atoms with van der Waals surface area (Å²) in [5.74, 6) is -0.626. The van der Waals surface area contributed by atoms with Gasteiger partial charge in [0.1, 0.15) is 10.6 Å². The zero-order valence-electron chi connectivity index (χ0n) is 13.8. The van der Waals surface area contributed by atoms with E-state index in [-0.39, 0.29) is 16.2 Å². The molecule has 0 spiro atoms. The second-order valence-corrected chi connectivity index (χ2v) is 7.31. The van der Waals surface area contributed by atoms with E-state index in [1.54, 1.807) is 30.3 Å². The zero-order chi connectivity index (χ0) is 19.4. The maximum Gasteiger partial charge on any atom is 0.344 e. The van der Waals surface area contributed by atoms with Crippen molar-refractivity contribution < 1.29 is 22.9 Å². The fourth-order valence-electron chi connectivity index (χ4n) is 2.47. The molecule has 0 aliphatic rings. The van der Waals surface area contributed by atoms with Crippen molar-refractivity contribution >= 4 is 21.5 Å². The molecule has 0 atom stereocenters. The molecule has 0 aliphatic carbocycles. The van der Waals surface area contributed by atoms with Gasteiger partial charge in [0.05, 0.1) is 15.4 Å². The van der Waals surface area contributed by atoms with Gasteiger partial charge in [-0.05, 0) is 30.3 Å². The Morgan fingerprint density at radius 2 is 1.37 bits per heavy atom. The van der Waals surface area contributed by atoms with Crippen LogP contribution in [0.1, 0.15) is 10.4 Å². The highest BCUT2D eigenvalue weighted by atomic mass is 32.2. The van der Waals surface area contributed by atoms with Crippen LogP contribution in [0.5, 0.6) is 5.75 Å². The Balaban J connectivity index is 2.08. The van der Waals surface area contributed by atoms with Crippen molar-refractivity contribution in [3.63, 3.8) is 0 Å². The largest absolute Gasteiger partial charge is 0.423 e. The molecule has 8 heteroatoms. The number of benzene rings is 3. The van der Waals surface area contributed by atoms with Crippen molar-refractivity contribution in [2.75, 3.05) is 0 Å². The van der Waals surface area contributed by atoms with Gasteiger partial charge in [0.25, 0.3) is 5.69 Å². The lowest BCUT2D eigenvalue weighted by atomic mass is 10.2. The molecule has 136 valence electrons. The van der Waals surface area contributed by atoms with Crippen LogP contribution in [0.15, 0.2) is 88.7 Å². The molecule has 27 heavy (non-hydrogen) atoms. The molecule has 0 bridgehead atoms. The van der Waals surface area contributed by atoms with E-state index in [0.717, 1.165) is 12.1 Å². The van der Waals surface area contributed by atoms with Crippen molar-refractivity contribution in [2.45, 2.75) is 9.79 Å². The summed E-state index contributed by atoms with van der Waals surface area (Å²) in [7, 11) is -4.33. The minimum absolute atomic E-state index is 0.209. The molecular formula is C19H13NO6S. The van der Waals surface area contributed by atoms with Crippen LogP contribution in [-0.4, -0.2) is 19.3 Å². The fourth-order valence-corrected chi connectivity index (χ4v) is 4.09. The van der Waals surface area contributed by atoms with Crippen molar-refractivity contribution in [1.82, 2.24) is 0 Å². The maximum atomic E-state index is 13.0. The third-order valence-electron chi connectivity index (χ3n) is 3.70. The number of rotatable bonds is 5. The Labute approximate surface area is 154 Å². The number of para-hydroxylation sites is 2. The monoisotopic (exact) mass is 383 g/mol. The molecule has 0 heterocycles. The van der Waals surface area contributed by atoms with E-state index in [1.165, 1.54) is 36.4 Å². The average molecular weight is 383 g/mol. The van der Waals surface area contributed by atoms with Crippen LogP contribution in [0.2, 0.25) is 0 Å². The summed E-state index contributed by atoms with van der Waals surface area (Å²) in [4.78, 5) is 22.1. The standard InChI is InChI=1S/C19H13NO6S/c21-19(26-14-8-2-1-3-9-14)15-10-4-6-12-17(15)27(24,25)18-13-7-5-11-16(18)20(22)23/h1-13H. The minimum atomic E-state index is -4.33. The first-order valence-corrected chi connectivity index (χ1v) is 9.24. The summed E-state index contributed by atoms with van der Waals surface area (Å²) in [6.07, 6.45) is 0. The highest BCUT2D eigenvalue weighted by molar-refractivity contribution is 7.91. The third-order valence-corrected chi connectivity index (χ3v) is 5.56. The lowest BCUT2D eigenvalue weighted by Gasteiger charge is -2.10. The summed E-state index contributed by atoms with van der Waals surface area (Å²) in [6, 6.07) is 18.6. The normalized spacial score (nSPS) is 11.0. The molecule has 0 amide bonds. The highest BCUT2D eigenvalue weighted by Gasteiger charge is 2.31. The van der Waals surface area contributed by atoms with Crippen molar-refractivity contribution in [2.24, 2.45) is 0 Å². The van der Waals surface area contributed by atoms with Gasteiger partial charge in [-0.2, -0.15) is 0 Å². The molecular weight excluding hydrogens is 370 g/mol. The first kappa shape index (κ1) is 18.3. The minimum Gasteiger partial charge on any atom is -0.423 e. The van der Waals surface area contributed by atoms with Gasteiger partial charge in [0.2, 0.25) is 9.84 Å². The number of hydrogen-bond acceptors (Lipinski definition) is 6. The van der Waals surface area contributed by atoms with Crippen LogP contribution in [0.4, 0.5) is 5.69 Å². The molecule has 0 unspecified atom stereocenters. The van der Waals surface area contributed by atoms with Crippen molar-refractivity contribution in [3.8, 4) is 5.75 Å². The molecule has 3 aromatic rings. The maximum absolute atomic E-state index is 13.0. The molecule has 3 aromatic carbocycles. The van der Waals surface area contributed by atoms with Gasteiger partial charge >= 0.3 is 5.97 Å². The first-order valence-electron chi connectivity index (χ1n) is 7.76. The van der Waals surface area contributed by atoms with Crippen LogP contribution >= 0.6 is 0 Å². The second-order valence-electron chi connectivity index (χ2n) is 5.43. The molecule has 0 saturated heterocycles. The van der Waals surface area contributed by atoms with E-state index in [0.29, 0.717) is 0 Å². The molecule has 3 rings (SSSR count). The van der Waals surface area contributed by atoms with Gasteiger partial charge in [-0.25, -0.2) is 13.2 Å². The lowest BCUT2D eigenvalue weighted by molar-refractivity contribution is -0.387. The number of nitro groups is 1. The third kappa shape index (κ3) is 3.70. The number of carbonyl (C=O) groups excluding carboxylic acids is 1. The van der Waals surface area contributed by atoms with Crippen LogP contribution in [-0.2, 0) is 9.84 Å². The van der Waals surface area contributed by atoms with E-state index >= 15 is 0 Å². The average Bonchev–Trinajstić information content (AvgIpc) is 2.68. The van der Waals surface area contributed by atoms with Crippen LogP contribution in [0.3, 0.4) is 0 Å². The van der Waals surface area contributed by atoms with Crippen molar-refractivity contribution in [3.05, 3.63) is 94.5 Å². The SMILES string of the molecule is O=C(Oc1ccccc1)c1ccccc1S(=O)(=O)c1ccccc1[N+](=O)[O-]. The number of sulfone groups is 1. The van der Waals surface area contributed by atoms with E-state index in [2.05, 4.69) is 0 Å².